The van der Waals surface area contributed by atoms with Crippen molar-refractivity contribution in [2.24, 2.45) is 5.92 Å². The minimum atomic E-state index is -0.476. The fourth-order valence-electron chi connectivity index (χ4n) is 4.10. The number of allylic oxidation sites excluding steroid dienone is 1. The van der Waals surface area contributed by atoms with Gasteiger partial charge < -0.3 is 14.8 Å². The predicted molar refractivity (Wildman–Crippen MR) is 128 cm³/mol. The Morgan fingerprint density at radius 1 is 1.19 bits per heavy atom. The van der Waals surface area contributed by atoms with Crippen molar-refractivity contribution in [1.82, 2.24) is 5.32 Å². The number of carbonyl (C=O) groups excluding carboxylic acids is 2. The third kappa shape index (κ3) is 4.52. The first-order valence-corrected chi connectivity index (χ1v) is 11.7. The number of ether oxygens (including phenoxy) is 2. The van der Waals surface area contributed by atoms with Crippen molar-refractivity contribution in [3.05, 3.63) is 76.1 Å². The number of benzene rings is 2. The molecule has 166 valence electrons. The second kappa shape index (κ2) is 9.76. The number of hydrogen-bond donors (Lipinski definition) is 1. The van der Waals surface area contributed by atoms with Crippen molar-refractivity contribution >= 4 is 44.9 Å². The van der Waals surface area contributed by atoms with Crippen molar-refractivity contribution in [3.8, 4) is 5.75 Å². The van der Waals surface area contributed by atoms with E-state index in [9.17, 15) is 9.59 Å². The summed E-state index contributed by atoms with van der Waals surface area (Å²) >= 11 is 7.84. The Balaban J connectivity index is 1.51. The highest BCUT2D eigenvalue weighted by Gasteiger charge is 2.35. The van der Waals surface area contributed by atoms with E-state index < -0.39 is 5.92 Å². The van der Waals surface area contributed by atoms with Gasteiger partial charge in [-0.1, -0.05) is 54.1 Å². The first-order chi connectivity index (χ1) is 15.5. The maximum Gasteiger partial charge on any atom is 0.314 e. The summed E-state index contributed by atoms with van der Waals surface area (Å²) in [5.74, 6) is -0.390. The summed E-state index contributed by atoms with van der Waals surface area (Å²) in [7, 11) is 1.60. The van der Waals surface area contributed by atoms with Crippen LogP contribution in [0.15, 0.2) is 60.7 Å². The van der Waals surface area contributed by atoms with Crippen LogP contribution in [0.4, 0.5) is 0 Å². The van der Waals surface area contributed by atoms with Crippen molar-refractivity contribution in [1.29, 1.82) is 0 Å². The molecular weight excluding hydrogens is 446 g/mol. The van der Waals surface area contributed by atoms with E-state index in [2.05, 4.69) is 5.32 Å². The van der Waals surface area contributed by atoms with Gasteiger partial charge in [0.2, 0.25) is 0 Å². The van der Waals surface area contributed by atoms with Gasteiger partial charge in [0.15, 0.2) is 0 Å². The van der Waals surface area contributed by atoms with Crippen LogP contribution in [0.3, 0.4) is 0 Å². The standard InChI is InChI=1S/C25H24ClNO4S/c1-3-31-25(29)21(15-7-6-8-18(14-15)30-2)16-11-12-17(13-16)27-24(28)23-22(26)19-9-4-5-10-20(19)32-23/h4-12,14,16-17,21H,3,13H2,1-2H3,(H,27,28). The summed E-state index contributed by atoms with van der Waals surface area (Å²) in [5.41, 5.74) is 0.831. The van der Waals surface area contributed by atoms with Crippen molar-refractivity contribution in [2.75, 3.05) is 13.7 Å². The first-order valence-electron chi connectivity index (χ1n) is 10.5. The van der Waals surface area contributed by atoms with Gasteiger partial charge in [-0.15, -0.1) is 11.3 Å². The van der Waals surface area contributed by atoms with Crippen LogP contribution >= 0.6 is 22.9 Å². The number of amides is 1. The summed E-state index contributed by atoms with van der Waals surface area (Å²) in [6.07, 6.45) is 4.52. The maximum absolute atomic E-state index is 12.9. The first kappa shape index (κ1) is 22.4. The zero-order valence-electron chi connectivity index (χ0n) is 17.8. The van der Waals surface area contributed by atoms with E-state index in [1.807, 2.05) is 60.7 Å². The molecule has 1 aliphatic carbocycles. The SMILES string of the molecule is CCOC(=O)C(c1cccc(OC)c1)C1C=CC(NC(=O)c2sc3ccccc3c2Cl)C1. The Morgan fingerprint density at radius 3 is 2.75 bits per heavy atom. The van der Waals surface area contributed by atoms with E-state index in [0.717, 1.165) is 15.6 Å². The highest BCUT2D eigenvalue weighted by Crippen LogP contribution is 2.37. The van der Waals surface area contributed by atoms with E-state index in [1.54, 1.807) is 14.0 Å². The fraction of sp³-hybridized carbons (Fsp3) is 0.280. The van der Waals surface area contributed by atoms with Crippen LogP contribution in [0.1, 0.15) is 34.5 Å². The Kier molecular flexibility index (Phi) is 6.82. The lowest BCUT2D eigenvalue weighted by atomic mass is 9.85. The fourth-order valence-corrected chi connectivity index (χ4v) is 5.52. The van der Waals surface area contributed by atoms with Crippen molar-refractivity contribution in [2.45, 2.75) is 25.3 Å². The van der Waals surface area contributed by atoms with E-state index >= 15 is 0 Å². The van der Waals surface area contributed by atoms with Crippen LogP contribution in [0, 0.1) is 5.92 Å². The van der Waals surface area contributed by atoms with Crippen LogP contribution in [-0.4, -0.2) is 31.6 Å². The minimum absolute atomic E-state index is 0.107. The summed E-state index contributed by atoms with van der Waals surface area (Å²) in [6, 6.07) is 15.0. The predicted octanol–water partition coefficient (Wildman–Crippen LogP) is 5.58. The number of hydrogen-bond acceptors (Lipinski definition) is 5. The third-order valence-corrected chi connectivity index (χ3v) is 7.27. The lowest BCUT2D eigenvalue weighted by Gasteiger charge is -2.23. The molecule has 0 saturated carbocycles. The van der Waals surface area contributed by atoms with Gasteiger partial charge in [0.1, 0.15) is 10.6 Å². The number of esters is 1. The molecule has 1 heterocycles. The van der Waals surface area contributed by atoms with Crippen molar-refractivity contribution in [3.63, 3.8) is 0 Å². The monoisotopic (exact) mass is 469 g/mol. The highest BCUT2D eigenvalue weighted by molar-refractivity contribution is 7.21. The van der Waals surface area contributed by atoms with Gasteiger partial charge in [-0.25, -0.2) is 0 Å². The molecule has 1 N–H and O–H groups in total. The Bertz CT molecular complexity index is 1170. The molecule has 0 spiro atoms. The number of rotatable bonds is 7. The number of thiophene rings is 1. The van der Waals surface area contributed by atoms with Crippen molar-refractivity contribution < 1.29 is 19.1 Å². The Labute approximate surface area is 196 Å². The quantitative estimate of drug-likeness (QED) is 0.362. The van der Waals surface area contributed by atoms with Gasteiger partial charge >= 0.3 is 5.97 Å². The molecule has 0 radical (unpaired) electrons. The Morgan fingerprint density at radius 2 is 2.00 bits per heavy atom. The molecule has 1 aromatic heterocycles. The number of carbonyl (C=O) groups is 2. The molecule has 32 heavy (non-hydrogen) atoms. The van der Waals surface area contributed by atoms with E-state index in [4.69, 9.17) is 21.1 Å². The van der Waals surface area contributed by atoms with Crippen LogP contribution in [0.5, 0.6) is 5.75 Å². The van der Waals surface area contributed by atoms with Gasteiger partial charge in [-0.3, -0.25) is 9.59 Å². The molecule has 0 saturated heterocycles. The number of methoxy groups -OCH3 is 1. The average Bonchev–Trinajstić information content (AvgIpc) is 3.39. The van der Waals surface area contributed by atoms with Gasteiger partial charge in [-0.2, -0.15) is 0 Å². The summed E-state index contributed by atoms with van der Waals surface area (Å²) in [5, 5.41) is 4.40. The molecule has 1 amide bonds. The van der Waals surface area contributed by atoms with E-state index in [-0.39, 0.29) is 23.8 Å². The van der Waals surface area contributed by atoms with E-state index in [0.29, 0.717) is 28.7 Å². The molecule has 0 aliphatic heterocycles. The van der Waals surface area contributed by atoms with Gasteiger partial charge in [0.05, 0.1) is 24.7 Å². The third-order valence-electron chi connectivity index (χ3n) is 5.60. The summed E-state index contributed by atoms with van der Waals surface area (Å²) < 4.78 is 11.7. The zero-order chi connectivity index (χ0) is 22.7. The molecule has 3 unspecified atom stereocenters. The van der Waals surface area contributed by atoms with Crippen LogP contribution in [-0.2, 0) is 9.53 Å². The molecule has 2 aromatic carbocycles. The summed E-state index contributed by atoms with van der Waals surface area (Å²) in [4.78, 5) is 26.3. The second-order valence-electron chi connectivity index (χ2n) is 7.61. The normalized spacial score (nSPS) is 18.5. The molecule has 5 nitrogen and oxygen atoms in total. The average molecular weight is 470 g/mol. The topological polar surface area (TPSA) is 64.6 Å². The summed E-state index contributed by atoms with van der Waals surface area (Å²) in [6.45, 7) is 2.10. The smallest absolute Gasteiger partial charge is 0.314 e. The molecule has 4 rings (SSSR count). The largest absolute Gasteiger partial charge is 0.497 e. The minimum Gasteiger partial charge on any atom is -0.497 e. The lowest BCUT2D eigenvalue weighted by Crippen LogP contribution is -2.33. The zero-order valence-corrected chi connectivity index (χ0v) is 19.4. The van der Waals surface area contributed by atoms with Gasteiger partial charge in [0.25, 0.3) is 5.91 Å². The van der Waals surface area contributed by atoms with Gasteiger partial charge in [0, 0.05) is 16.1 Å². The second-order valence-corrected chi connectivity index (χ2v) is 9.04. The van der Waals surface area contributed by atoms with E-state index in [1.165, 1.54) is 11.3 Å². The molecule has 0 fully saturated rings. The van der Waals surface area contributed by atoms with Crippen LogP contribution in [0.25, 0.3) is 10.1 Å². The molecule has 1 aliphatic rings. The molecule has 3 atom stereocenters. The van der Waals surface area contributed by atoms with Crippen LogP contribution < -0.4 is 10.1 Å². The molecular formula is C25H24ClNO4S. The maximum atomic E-state index is 12.9. The molecule has 7 heteroatoms. The molecule has 3 aromatic rings. The lowest BCUT2D eigenvalue weighted by molar-refractivity contribution is -0.146. The van der Waals surface area contributed by atoms with Crippen LogP contribution in [0.2, 0.25) is 5.02 Å². The molecule has 0 bridgehead atoms. The number of nitrogens with one attached hydrogen (secondary N) is 1. The number of fused-ring (bicyclic) bond motifs is 1. The highest BCUT2D eigenvalue weighted by atomic mass is 35.5. The van der Waals surface area contributed by atoms with Gasteiger partial charge in [-0.05, 0) is 43.0 Å². The Hall–Kier alpha value is -2.83. The number of halogens is 1.